The number of nitrogen functional groups attached to an aromatic ring is 1. The molecule has 0 spiro atoms. The first kappa shape index (κ1) is 12.0. The summed E-state index contributed by atoms with van der Waals surface area (Å²) in [6.45, 7) is 0. The van der Waals surface area contributed by atoms with E-state index in [1.165, 1.54) is 4.80 Å². The van der Waals surface area contributed by atoms with Crippen molar-refractivity contribution in [3.63, 3.8) is 0 Å². The van der Waals surface area contributed by atoms with E-state index in [-0.39, 0.29) is 5.84 Å². The lowest BCUT2D eigenvalue weighted by atomic mass is 10.2. The van der Waals surface area contributed by atoms with Crippen LogP contribution in [0.25, 0.3) is 17.2 Å². The molecule has 1 aromatic carbocycles. The fraction of sp³-hybridized carbons (Fsp3) is 0. The summed E-state index contributed by atoms with van der Waals surface area (Å²) in [7, 11) is 0. The Balaban J connectivity index is 1.98. The highest BCUT2D eigenvalue weighted by molar-refractivity contribution is 5.93. The van der Waals surface area contributed by atoms with Gasteiger partial charge >= 0.3 is 0 Å². The van der Waals surface area contributed by atoms with E-state index in [2.05, 4.69) is 20.4 Å². The third-order valence-corrected chi connectivity index (χ3v) is 2.66. The monoisotopic (exact) mass is 265 g/mol. The smallest absolute Gasteiger partial charge is 0.205 e. The van der Waals surface area contributed by atoms with Crippen LogP contribution >= 0.6 is 0 Å². The number of nitrogens with two attached hydrogens (primary N) is 1. The van der Waals surface area contributed by atoms with Crippen molar-refractivity contribution in [2.24, 2.45) is 5.73 Å². The van der Waals surface area contributed by atoms with Crippen molar-refractivity contribution in [1.29, 1.82) is 5.41 Å². The summed E-state index contributed by atoms with van der Waals surface area (Å²) in [4.78, 5) is 5.51. The minimum Gasteiger partial charge on any atom is -0.382 e. The highest BCUT2D eigenvalue weighted by atomic mass is 15.6. The summed E-state index contributed by atoms with van der Waals surface area (Å²) >= 11 is 0. The number of tetrazole rings is 1. The van der Waals surface area contributed by atoms with Crippen LogP contribution in [0.5, 0.6) is 0 Å². The molecule has 0 amide bonds. The standard InChI is InChI=1S/C13H11N7/c14-12(15)10-7-4-8-11(16-10)20-18-13(17-19-20)9-5-2-1-3-6-9/h1-8H,(H3,14,15). The first-order valence-electron chi connectivity index (χ1n) is 5.91. The first-order chi connectivity index (χ1) is 9.74. The van der Waals surface area contributed by atoms with Gasteiger partial charge in [0.05, 0.1) is 0 Å². The van der Waals surface area contributed by atoms with E-state index in [1.54, 1.807) is 18.2 Å². The molecule has 0 saturated heterocycles. The Morgan fingerprint density at radius 3 is 2.60 bits per heavy atom. The summed E-state index contributed by atoms with van der Waals surface area (Å²) in [5.74, 6) is 0.878. The fourth-order valence-corrected chi connectivity index (χ4v) is 1.70. The first-order valence-corrected chi connectivity index (χ1v) is 5.91. The number of pyridine rings is 1. The summed E-state index contributed by atoms with van der Waals surface area (Å²) in [5.41, 5.74) is 6.66. The molecular formula is C13H11N7. The van der Waals surface area contributed by atoms with E-state index >= 15 is 0 Å². The molecule has 0 aliphatic heterocycles. The molecule has 2 aromatic heterocycles. The molecule has 7 heteroatoms. The molecule has 0 atom stereocenters. The molecule has 3 N–H and O–H groups in total. The van der Waals surface area contributed by atoms with Gasteiger partial charge in [-0.2, -0.15) is 0 Å². The zero-order chi connectivity index (χ0) is 13.9. The Morgan fingerprint density at radius 2 is 1.85 bits per heavy atom. The van der Waals surface area contributed by atoms with E-state index in [0.29, 0.717) is 17.3 Å². The second-order valence-corrected chi connectivity index (χ2v) is 4.06. The minimum absolute atomic E-state index is 0.102. The number of aromatic nitrogens is 5. The normalized spacial score (nSPS) is 10.4. The van der Waals surface area contributed by atoms with Gasteiger partial charge in [0.25, 0.3) is 0 Å². The predicted molar refractivity (Wildman–Crippen MR) is 73.4 cm³/mol. The SMILES string of the molecule is N=C(N)c1cccc(-n2nnc(-c3ccccc3)n2)n1. The molecule has 2 heterocycles. The summed E-state index contributed by atoms with van der Waals surface area (Å²) in [6, 6.07) is 14.7. The molecule has 0 unspecified atom stereocenters. The Labute approximate surface area is 114 Å². The van der Waals surface area contributed by atoms with Crippen LogP contribution in [0.3, 0.4) is 0 Å². The van der Waals surface area contributed by atoms with Crippen LogP contribution in [0.15, 0.2) is 48.5 Å². The van der Waals surface area contributed by atoms with Crippen molar-refractivity contribution in [3.05, 3.63) is 54.2 Å². The van der Waals surface area contributed by atoms with Gasteiger partial charge in [0.1, 0.15) is 11.5 Å². The zero-order valence-electron chi connectivity index (χ0n) is 10.4. The highest BCUT2D eigenvalue weighted by Gasteiger charge is 2.08. The zero-order valence-corrected chi connectivity index (χ0v) is 10.4. The van der Waals surface area contributed by atoms with Crippen LogP contribution in [-0.4, -0.2) is 31.0 Å². The van der Waals surface area contributed by atoms with E-state index in [0.717, 1.165) is 5.56 Å². The lowest BCUT2D eigenvalue weighted by Gasteiger charge is -2.00. The van der Waals surface area contributed by atoms with Gasteiger partial charge in [-0.15, -0.1) is 15.0 Å². The molecule has 7 nitrogen and oxygen atoms in total. The molecule has 0 radical (unpaired) electrons. The second kappa shape index (κ2) is 4.88. The Morgan fingerprint density at radius 1 is 1.05 bits per heavy atom. The number of hydrogen-bond donors (Lipinski definition) is 2. The highest BCUT2D eigenvalue weighted by Crippen LogP contribution is 2.13. The van der Waals surface area contributed by atoms with Crippen LogP contribution in [-0.2, 0) is 0 Å². The van der Waals surface area contributed by atoms with Gasteiger partial charge in [-0.05, 0) is 17.3 Å². The molecule has 0 bridgehead atoms. The molecule has 3 rings (SSSR count). The molecule has 98 valence electrons. The van der Waals surface area contributed by atoms with Gasteiger partial charge < -0.3 is 5.73 Å². The van der Waals surface area contributed by atoms with Crippen molar-refractivity contribution in [1.82, 2.24) is 25.2 Å². The van der Waals surface area contributed by atoms with Gasteiger partial charge in [0, 0.05) is 5.56 Å². The summed E-state index contributed by atoms with van der Waals surface area (Å²) in [5, 5.41) is 19.6. The van der Waals surface area contributed by atoms with E-state index in [1.807, 2.05) is 30.3 Å². The second-order valence-electron chi connectivity index (χ2n) is 4.06. The molecule has 0 fully saturated rings. The largest absolute Gasteiger partial charge is 0.382 e. The van der Waals surface area contributed by atoms with Gasteiger partial charge in [0.2, 0.25) is 5.82 Å². The molecule has 0 aliphatic rings. The van der Waals surface area contributed by atoms with Crippen LogP contribution in [0, 0.1) is 5.41 Å². The maximum absolute atomic E-state index is 7.38. The maximum atomic E-state index is 7.38. The third kappa shape index (κ3) is 2.24. The number of benzene rings is 1. The third-order valence-electron chi connectivity index (χ3n) is 2.66. The van der Waals surface area contributed by atoms with Crippen LogP contribution < -0.4 is 5.73 Å². The van der Waals surface area contributed by atoms with Crippen molar-refractivity contribution in [2.75, 3.05) is 0 Å². The topological polar surface area (TPSA) is 106 Å². The molecular weight excluding hydrogens is 254 g/mol. The number of rotatable bonds is 3. The summed E-state index contributed by atoms with van der Waals surface area (Å²) < 4.78 is 0. The van der Waals surface area contributed by atoms with Gasteiger partial charge in [-0.3, -0.25) is 5.41 Å². The average Bonchev–Trinajstić information content (AvgIpc) is 2.98. The van der Waals surface area contributed by atoms with E-state index < -0.39 is 0 Å². The van der Waals surface area contributed by atoms with Crippen LogP contribution in [0.4, 0.5) is 0 Å². The van der Waals surface area contributed by atoms with Crippen LogP contribution in [0.1, 0.15) is 5.69 Å². The Hall–Kier alpha value is -3.09. The lowest BCUT2D eigenvalue weighted by Crippen LogP contribution is -2.14. The Kier molecular flexibility index (Phi) is 2.92. The lowest BCUT2D eigenvalue weighted by molar-refractivity contribution is 0.700. The molecule has 0 aliphatic carbocycles. The van der Waals surface area contributed by atoms with E-state index in [9.17, 15) is 0 Å². The number of nitrogens with one attached hydrogen (secondary N) is 1. The average molecular weight is 265 g/mol. The van der Waals surface area contributed by atoms with Crippen molar-refractivity contribution in [2.45, 2.75) is 0 Å². The van der Waals surface area contributed by atoms with Crippen LogP contribution in [0.2, 0.25) is 0 Å². The summed E-state index contributed by atoms with van der Waals surface area (Å²) in [6.07, 6.45) is 0. The van der Waals surface area contributed by atoms with Crippen molar-refractivity contribution >= 4 is 5.84 Å². The number of amidine groups is 1. The molecule has 0 saturated carbocycles. The van der Waals surface area contributed by atoms with Crippen molar-refractivity contribution in [3.8, 4) is 17.2 Å². The van der Waals surface area contributed by atoms with Gasteiger partial charge in [0.15, 0.2) is 5.82 Å². The maximum Gasteiger partial charge on any atom is 0.205 e. The van der Waals surface area contributed by atoms with Crippen molar-refractivity contribution < 1.29 is 0 Å². The fourth-order valence-electron chi connectivity index (χ4n) is 1.70. The minimum atomic E-state index is -0.102. The van der Waals surface area contributed by atoms with Gasteiger partial charge in [-0.25, -0.2) is 4.98 Å². The predicted octanol–water partition coefficient (Wildman–Crippen LogP) is 1.01. The number of nitrogens with zero attached hydrogens (tertiary/aromatic N) is 5. The van der Waals surface area contributed by atoms with Gasteiger partial charge in [-0.1, -0.05) is 36.4 Å². The quantitative estimate of drug-likeness (QED) is 0.543. The van der Waals surface area contributed by atoms with E-state index in [4.69, 9.17) is 11.1 Å². The number of hydrogen-bond acceptors (Lipinski definition) is 5. The molecule has 20 heavy (non-hydrogen) atoms. The Bertz CT molecular complexity index is 748. The molecule has 3 aromatic rings.